The first-order chi connectivity index (χ1) is 11.4. The van der Waals surface area contributed by atoms with E-state index < -0.39 is 17.6 Å². The van der Waals surface area contributed by atoms with Crippen LogP contribution < -0.4 is 5.73 Å². The first kappa shape index (κ1) is 18.2. The standard InChI is InChI=1S/C17H21F3N4/c1-3-5-6-11(4-2)12-9-23-16(21)15(17(18,19)20)14(12)13-7-8-22-10-24-13/h7-11H,3-6H2,1-2H3,(H2,21,23). The van der Waals surface area contributed by atoms with Crippen molar-refractivity contribution in [3.8, 4) is 11.3 Å². The molecule has 0 saturated carbocycles. The van der Waals surface area contributed by atoms with Crippen LogP contribution in [0.25, 0.3) is 11.3 Å². The van der Waals surface area contributed by atoms with Crippen LogP contribution in [0.4, 0.5) is 19.0 Å². The third-order valence-corrected chi connectivity index (χ3v) is 4.10. The van der Waals surface area contributed by atoms with Crippen LogP contribution in [0.5, 0.6) is 0 Å². The molecular formula is C17H21F3N4. The average molecular weight is 338 g/mol. The molecule has 0 saturated heterocycles. The summed E-state index contributed by atoms with van der Waals surface area (Å²) < 4.78 is 40.9. The lowest BCUT2D eigenvalue weighted by Gasteiger charge is -2.23. The van der Waals surface area contributed by atoms with E-state index in [-0.39, 0.29) is 17.2 Å². The van der Waals surface area contributed by atoms with Crippen molar-refractivity contribution in [2.75, 3.05) is 5.73 Å². The minimum atomic E-state index is -4.60. The van der Waals surface area contributed by atoms with Crippen LogP contribution in [0.15, 0.2) is 24.8 Å². The molecule has 1 atom stereocenters. The van der Waals surface area contributed by atoms with Gasteiger partial charge in [0, 0.05) is 18.0 Å². The highest BCUT2D eigenvalue weighted by Crippen LogP contribution is 2.44. The lowest BCUT2D eigenvalue weighted by molar-refractivity contribution is -0.136. The highest BCUT2D eigenvalue weighted by molar-refractivity contribution is 5.73. The largest absolute Gasteiger partial charge is 0.420 e. The Kier molecular flexibility index (Phi) is 5.75. The maximum atomic E-state index is 13.6. The molecule has 0 amide bonds. The lowest BCUT2D eigenvalue weighted by Crippen LogP contribution is -2.16. The minimum Gasteiger partial charge on any atom is -0.383 e. The summed E-state index contributed by atoms with van der Waals surface area (Å²) in [4.78, 5) is 11.6. The van der Waals surface area contributed by atoms with Crippen molar-refractivity contribution in [2.45, 2.75) is 51.6 Å². The number of pyridine rings is 1. The number of hydrogen-bond acceptors (Lipinski definition) is 4. The molecule has 130 valence electrons. The summed E-state index contributed by atoms with van der Waals surface area (Å²) >= 11 is 0. The maximum Gasteiger partial charge on any atom is 0.420 e. The monoisotopic (exact) mass is 338 g/mol. The number of anilines is 1. The van der Waals surface area contributed by atoms with Crippen LogP contribution in [0.1, 0.15) is 56.6 Å². The zero-order chi connectivity index (χ0) is 17.7. The molecular weight excluding hydrogens is 317 g/mol. The predicted octanol–water partition coefficient (Wildman–Crippen LogP) is 4.82. The van der Waals surface area contributed by atoms with Gasteiger partial charge < -0.3 is 5.73 Å². The molecule has 1 unspecified atom stereocenters. The van der Waals surface area contributed by atoms with Gasteiger partial charge in [0.2, 0.25) is 0 Å². The smallest absolute Gasteiger partial charge is 0.383 e. The van der Waals surface area contributed by atoms with Crippen molar-refractivity contribution in [2.24, 2.45) is 0 Å². The zero-order valence-electron chi connectivity index (χ0n) is 13.8. The van der Waals surface area contributed by atoms with E-state index in [9.17, 15) is 13.2 Å². The summed E-state index contributed by atoms with van der Waals surface area (Å²) in [7, 11) is 0. The van der Waals surface area contributed by atoms with Crippen molar-refractivity contribution in [3.63, 3.8) is 0 Å². The van der Waals surface area contributed by atoms with E-state index >= 15 is 0 Å². The van der Waals surface area contributed by atoms with E-state index in [1.54, 1.807) is 0 Å². The van der Waals surface area contributed by atoms with Crippen LogP contribution in [0, 0.1) is 0 Å². The molecule has 0 spiro atoms. The van der Waals surface area contributed by atoms with Crippen LogP contribution in [-0.4, -0.2) is 15.0 Å². The van der Waals surface area contributed by atoms with Crippen molar-refractivity contribution in [3.05, 3.63) is 35.9 Å². The minimum absolute atomic E-state index is 0.0240. The first-order valence-corrected chi connectivity index (χ1v) is 8.02. The predicted molar refractivity (Wildman–Crippen MR) is 87.2 cm³/mol. The molecule has 4 nitrogen and oxygen atoms in total. The number of unbranched alkanes of at least 4 members (excludes halogenated alkanes) is 1. The van der Waals surface area contributed by atoms with Gasteiger partial charge in [-0.3, -0.25) is 0 Å². The highest BCUT2D eigenvalue weighted by Gasteiger charge is 2.39. The Morgan fingerprint density at radius 2 is 1.96 bits per heavy atom. The third-order valence-electron chi connectivity index (χ3n) is 4.10. The van der Waals surface area contributed by atoms with Crippen molar-refractivity contribution >= 4 is 5.82 Å². The quantitative estimate of drug-likeness (QED) is 0.820. The fraction of sp³-hybridized carbons (Fsp3) is 0.471. The van der Waals surface area contributed by atoms with E-state index in [1.807, 2.05) is 6.92 Å². The maximum absolute atomic E-state index is 13.6. The molecule has 2 aromatic heterocycles. The Morgan fingerprint density at radius 3 is 2.50 bits per heavy atom. The first-order valence-electron chi connectivity index (χ1n) is 8.02. The Morgan fingerprint density at radius 1 is 1.21 bits per heavy atom. The van der Waals surface area contributed by atoms with Crippen molar-refractivity contribution < 1.29 is 13.2 Å². The van der Waals surface area contributed by atoms with Crippen LogP contribution in [-0.2, 0) is 6.18 Å². The zero-order valence-corrected chi connectivity index (χ0v) is 13.8. The molecule has 2 heterocycles. The number of halogens is 3. The number of nitrogens with zero attached hydrogens (tertiary/aromatic N) is 3. The van der Waals surface area contributed by atoms with E-state index in [0.29, 0.717) is 5.56 Å². The fourth-order valence-electron chi connectivity index (χ4n) is 2.88. The molecule has 0 radical (unpaired) electrons. The molecule has 2 aromatic rings. The number of aromatic nitrogens is 3. The van der Waals surface area contributed by atoms with Crippen molar-refractivity contribution in [1.29, 1.82) is 0 Å². The number of alkyl halides is 3. The molecule has 7 heteroatoms. The summed E-state index contributed by atoms with van der Waals surface area (Å²) in [6.07, 6.45) is 2.97. The Bertz CT molecular complexity index is 672. The van der Waals surface area contributed by atoms with E-state index in [4.69, 9.17) is 5.73 Å². The molecule has 0 aliphatic carbocycles. The van der Waals surface area contributed by atoms with Gasteiger partial charge in [0.05, 0.1) is 5.69 Å². The molecule has 0 bridgehead atoms. The van der Waals surface area contributed by atoms with Gasteiger partial charge in [-0.25, -0.2) is 15.0 Å². The number of nitrogen functional groups attached to an aromatic ring is 1. The molecule has 0 aliphatic rings. The van der Waals surface area contributed by atoms with Crippen LogP contribution in [0.2, 0.25) is 0 Å². The van der Waals surface area contributed by atoms with Gasteiger partial charge in [-0.15, -0.1) is 0 Å². The second-order valence-electron chi connectivity index (χ2n) is 5.69. The molecule has 2 rings (SSSR count). The summed E-state index contributed by atoms with van der Waals surface area (Å²) in [6.45, 7) is 4.02. The molecule has 0 fully saturated rings. The molecule has 2 N–H and O–H groups in total. The fourth-order valence-corrected chi connectivity index (χ4v) is 2.88. The summed E-state index contributed by atoms with van der Waals surface area (Å²) in [5.74, 6) is -0.547. The van der Waals surface area contributed by atoms with Crippen LogP contribution in [0.3, 0.4) is 0 Å². The number of rotatable bonds is 6. The second kappa shape index (κ2) is 7.59. The lowest BCUT2D eigenvalue weighted by atomic mass is 9.86. The molecule has 24 heavy (non-hydrogen) atoms. The van der Waals surface area contributed by atoms with Gasteiger partial charge in [-0.1, -0.05) is 26.7 Å². The van der Waals surface area contributed by atoms with Gasteiger partial charge in [-0.2, -0.15) is 13.2 Å². The normalized spacial score (nSPS) is 13.0. The Hall–Kier alpha value is -2.18. The summed E-state index contributed by atoms with van der Waals surface area (Å²) in [6, 6.07) is 1.47. The molecule has 0 aliphatic heterocycles. The highest BCUT2D eigenvalue weighted by atomic mass is 19.4. The van der Waals surface area contributed by atoms with Crippen LogP contribution >= 0.6 is 0 Å². The number of hydrogen-bond donors (Lipinski definition) is 1. The van der Waals surface area contributed by atoms with Gasteiger partial charge in [-0.05, 0) is 30.4 Å². The third kappa shape index (κ3) is 3.83. The van der Waals surface area contributed by atoms with Gasteiger partial charge in [0.25, 0.3) is 0 Å². The Labute approximate surface area is 139 Å². The van der Waals surface area contributed by atoms with E-state index in [2.05, 4.69) is 21.9 Å². The summed E-state index contributed by atoms with van der Waals surface area (Å²) in [5, 5.41) is 0. The topological polar surface area (TPSA) is 64.7 Å². The van der Waals surface area contributed by atoms with Gasteiger partial charge >= 0.3 is 6.18 Å². The second-order valence-corrected chi connectivity index (χ2v) is 5.69. The Balaban J connectivity index is 2.71. The van der Waals surface area contributed by atoms with E-state index in [1.165, 1.54) is 24.8 Å². The average Bonchev–Trinajstić information content (AvgIpc) is 2.55. The van der Waals surface area contributed by atoms with E-state index in [0.717, 1.165) is 25.7 Å². The van der Waals surface area contributed by atoms with Gasteiger partial charge in [0.15, 0.2) is 0 Å². The SMILES string of the molecule is CCCCC(CC)c1cnc(N)c(C(F)(F)F)c1-c1ccncn1. The summed E-state index contributed by atoms with van der Waals surface area (Å²) in [5.41, 5.74) is 5.47. The molecule has 0 aromatic carbocycles. The van der Waals surface area contributed by atoms with Gasteiger partial charge in [0.1, 0.15) is 17.7 Å². The van der Waals surface area contributed by atoms with Crippen molar-refractivity contribution in [1.82, 2.24) is 15.0 Å². The number of nitrogens with two attached hydrogens (primary N) is 1.